The number of benzene rings is 1. The summed E-state index contributed by atoms with van der Waals surface area (Å²) >= 11 is 0. The van der Waals surface area contributed by atoms with Crippen LogP contribution in [0.5, 0.6) is 11.6 Å². The Balaban J connectivity index is 2.18. The molecule has 0 aliphatic heterocycles. The van der Waals surface area contributed by atoms with E-state index in [2.05, 4.69) is 24.1 Å². The van der Waals surface area contributed by atoms with Crippen molar-refractivity contribution in [1.29, 1.82) is 0 Å². The van der Waals surface area contributed by atoms with E-state index >= 15 is 0 Å². The Morgan fingerprint density at radius 2 is 1.95 bits per heavy atom. The van der Waals surface area contributed by atoms with E-state index in [-0.39, 0.29) is 11.4 Å². The molecule has 0 bridgehead atoms. The summed E-state index contributed by atoms with van der Waals surface area (Å²) in [4.78, 5) is 15.2. The molecule has 1 aromatic carbocycles. The van der Waals surface area contributed by atoms with Crippen LogP contribution >= 0.6 is 0 Å². The van der Waals surface area contributed by atoms with E-state index in [0.717, 1.165) is 6.07 Å². The fourth-order valence-corrected chi connectivity index (χ4v) is 1.80. The Hall–Kier alpha value is -2.43. The molecule has 0 radical (unpaired) electrons. The molecule has 0 saturated heterocycles. The molecule has 4 nitrogen and oxygen atoms in total. The van der Waals surface area contributed by atoms with E-state index in [1.165, 1.54) is 18.8 Å². The van der Waals surface area contributed by atoms with Crippen molar-refractivity contribution in [2.75, 3.05) is 7.05 Å². The maximum absolute atomic E-state index is 13.9. The summed E-state index contributed by atoms with van der Waals surface area (Å²) in [6.07, 6.45) is 1.28. The van der Waals surface area contributed by atoms with Gasteiger partial charge in [-0.1, -0.05) is 26.0 Å². The standard InChI is InChI=1S/C16H17FN2O2/c1-10(2)11-4-6-13(7-5-11)21-16-14(17)8-12(9-19-16)15(20)18-3/h4-10H,1-3H3,(H,18,20). The molecule has 1 aromatic heterocycles. The monoisotopic (exact) mass is 288 g/mol. The third kappa shape index (κ3) is 3.56. The van der Waals surface area contributed by atoms with Gasteiger partial charge in [-0.3, -0.25) is 4.79 Å². The molecule has 0 atom stereocenters. The van der Waals surface area contributed by atoms with Crippen molar-refractivity contribution >= 4 is 5.91 Å². The van der Waals surface area contributed by atoms with Crippen LogP contribution in [0.2, 0.25) is 0 Å². The topological polar surface area (TPSA) is 51.2 Å². The van der Waals surface area contributed by atoms with Crippen LogP contribution in [-0.4, -0.2) is 17.9 Å². The van der Waals surface area contributed by atoms with Crippen molar-refractivity contribution in [3.05, 3.63) is 53.5 Å². The van der Waals surface area contributed by atoms with Crippen LogP contribution in [0.15, 0.2) is 36.5 Å². The Morgan fingerprint density at radius 1 is 1.29 bits per heavy atom. The van der Waals surface area contributed by atoms with E-state index in [4.69, 9.17) is 4.74 Å². The van der Waals surface area contributed by atoms with Crippen molar-refractivity contribution in [3.8, 4) is 11.6 Å². The number of ether oxygens (including phenoxy) is 1. The first-order chi connectivity index (χ1) is 10.0. The Kier molecular flexibility index (Phi) is 4.52. The van der Waals surface area contributed by atoms with Crippen LogP contribution in [-0.2, 0) is 0 Å². The lowest BCUT2D eigenvalue weighted by Gasteiger charge is -2.09. The predicted octanol–water partition coefficient (Wildman–Crippen LogP) is 3.50. The molecule has 1 N–H and O–H groups in total. The molecular weight excluding hydrogens is 271 g/mol. The quantitative estimate of drug-likeness (QED) is 0.936. The molecule has 0 aliphatic carbocycles. The number of nitrogens with zero attached hydrogens (tertiary/aromatic N) is 1. The van der Waals surface area contributed by atoms with E-state index in [0.29, 0.717) is 11.7 Å². The van der Waals surface area contributed by atoms with Gasteiger partial charge in [0.05, 0.1) is 5.56 Å². The molecule has 0 saturated carbocycles. The van der Waals surface area contributed by atoms with Gasteiger partial charge in [0.25, 0.3) is 11.8 Å². The van der Waals surface area contributed by atoms with Gasteiger partial charge in [0.1, 0.15) is 5.75 Å². The number of carbonyl (C=O) groups is 1. The third-order valence-corrected chi connectivity index (χ3v) is 3.06. The second-order valence-corrected chi connectivity index (χ2v) is 4.92. The van der Waals surface area contributed by atoms with Crippen molar-refractivity contribution in [1.82, 2.24) is 10.3 Å². The minimum absolute atomic E-state index is 0.150. The van der Waals surface area contributed by atoms with E-state index in [1.807, 2.05) is 12.1 Å². The molecule has 5 heteroatoms. The van der Waals surface area contributed by atoms with Crippen LogP contribution < -0.4 is 10.1 Å². The molecule has 0 unspecified atom stereocenters. The highest BCUT2D eigenvalue weighted by Gasteiger charge is 2.11. The summed E-state index contributed by atoms with van der Waals surface area (Å²) < 4.78 is 19.3. The molecule has 21 heavy (non-hydrogen) atoms. The number of nitrogens with one attached hydrogen (secondary N) is 1. The average molecular weight is 288 g/mol. The molecule has 1 heterocycles. The number of hydrogen-bond donors (Lipinski definition) is 1. The summed E-state index contributed by atoms with van der Waals surface area (Å²) in [5.41, 5.74) is 1.32. The summed E-state index contributed by atoms with van der Waals surface area (Å²) in [5, 5.41) is 2.41. The lowest BCUT2D eigenvalue weighted by Crippen LogP contribution is -2.18. The summed E-state index contributed by atoms with van der Waals surface area (Å²) in [5.74, 6) is -0.308. The number of halogens is 1. The van der Waals surface area contributed by atoms with Crippen LogP contribution in [0.3, 0.4) is 0 Å². The first kappa shape index (κ1) is 15.0. The van der Waals surface area contributed by atoms with Crippen molar-refractivity contribution < 1.29 is 13.9 Å². The van der Waals surface area contributed by atoms with Gasteiger partial charge in [0, 0.05) is 13.2 Å². The normalized spacial score (nSPS) is 10.5. The maximum Gasteiger partial charge on any atom is 0.255 e. The highest BCUT2D eigenvalue weighted by atomic mass is 19.1. The van der Waals surface area contributed by atoms with Gasteiger partial charge >= 0.3 is 0 Å². The van der Waals surface area contributed by atoms with E-state index < -0.39 is 11.7 Å². The maximum atomic E-state index is 13.9. The van der Waals surface area contributed by atoms with E-state index in [9.17, 15) is 9.18 Å². The highest BCUT2D eigenvalue weighted by molar-refractivity contribution is 5.93. The second kappa shape index (κ2) is 6.35. The molecular formula is C16H17FN2O2. The molecule has 0 aliphatic rings. The molecule has 0 spiro atoms. The van der Waals surface area contributed by atoms with Crippen LogP contribution in [0.4, 0.5) is 4.39 Å². The largest absolute Gasteiger partial charge is 0.436 e. The zero-order valence-electron chi connectivity index (χ0n) is 12.2. The minimum atomic E-state index is -0.677. The molecule has 1 amide bonds. The van der Waals surface area contributed by atoms with Crippen molar-refractivity contribution in [3.63, 3.8) is 0 Å². The molecule has 2 rings (SSSR count). The molecule has 2 aromatic rings. The van der Waals surface area contributed by atoms with Gasteiger partial charge in [-0.05, 0) is 29.7 Å². The second-order valence-electron chi connectivity index (χ2n) is 4.92. The highest BCUT2D eigenvalue weighted by Crippen LogP contribution is 2.24. The van der Waals surface area contributed by atoms with Crippen molar-refractivity contribution in [2.24, 2.45) is 0 Å². The van der Waals surface area contributed by atoms with Gasteiger partial charge < -0.3 is 10.1 Å². The Bertz CT molecular complexity index is 639. The number of pyridine rings is 1. The first-order valence-electron chi connectivity index (χ1n) is 6.66. The smallest absolute Gasteiger partial charge is 0.255 e. The fourth-order valence-electron chi connectivity index (χ4n) is 1.80. The summed E-state index contributed by atoms with van der Waals surface area (Å²) in [7, 11) is 1.47. The van der Waals surface area contributed by atoms with Gasteiger partial charge in [-0.15, -0.1) is 0 Å². The molecule has 0 fully saturated rings. The average Bonchev–Trinajstić information content (AvgIpc) is 2.49. The number of amides is 1. The van der Waals surface area contributed by atoms with Crippen molar-refractivity contribution in [2.45, 2.75) is 19.8 Å². The first-order valence-corrected chi connectivity index (χ1v) is 6.66. The van der Waals surface area contributed by atoms with Crippen LogP contribution in [0.1, 0.15) is 35.7 Å². The Morgan fingerprint density at radius 3 is 2.48 bits per heavy atom. The van der Waals surface area contributed by atoms with Gasteiger partial charge in [0.15, 0.2) is 5.82 Å². The Labute approximate surface area is 123 Å². The van der Waals surface area contributed by atoms with Crippen LogP contribution in [0.25, 0.3) is 0 Å². The predicted molar refractivity (Wildman–Crippen MR) is 78.2 cm³/mol. The number of carbonyl (C=O) groups excluding carboxylic acids is 1. The zero-order chi connectivity index (χ0) is 15.4. The minimum Gasteiger partial charge on any atom is -0.436 e. The summed E-state index contributed by atoms with van der Waals surface area (Å²) in [6, 6.07) is 8.49. The number of hydrogen-bond acceptors (Lipinski definition) is 3. The van der Waals surface area contributed by atoms with Gasteiger partial charge in [0.2, 0.25) is 0 Å². The van der Waals surface area contributed by atoms with E-state index in [1.54, 1.807) is 12.1 Å². The zero-order valence-corrected chi connectivity index (χ0v) is 12.2. The number of aromatic nitrogens is 1. The fraction of sp³-hybridized carbons (Fsp3) is 0.250. The van der Waals surface area contributed by atoms with Crippen LogP contribution in [0, 0.1) is 5.82 Å². The number of rotatable bonds is 4. The lowest BCUT2D eigenvalue weighted by atomic mass is 10.0. The summed E-state index contributed by atoms with van der Waals surface area (Å²) in [6.45, 7) is 4.18. The van der Waals surface area contributed by atoms with Gasteiger partial charge in [-0.25, -0.2) is 9.37 Å². The lowest BCUT2D eigenvalue weighted by molar-refractivity contribution is 0.0962. The van der Waals surface area contributed by atoms with Gasteiger partial charge in [-0.2, -0.15) is 0 Å². The SMILES string of the molecule is CNC(=O)c1cnc(Oc2ccc(C(C)C)cc2)c(F)c1. The third-order valence-electron chi connectivity index (χ3n) is 3.06. The molecule has 110 valence electrons.